The first-order valence-electron chi connectivity index (χ1n) is 16.1. The van der Waals surface area contributed by atoms with Gasteiger partial charge < -0.3 is 14.4 Å². The van der Waals surface area contributed by atoms with Gasteiger partial charge in [0.1, 0.15) is 11.9 Å². The molecule has 11 heteroatoms. The zero-order valence-corrected chi connectivity index (χ0v) is 26.2. The van der Waals surface area contributed by atoms with E-state index < -0.39 is 5.91 Å². The molecule has 3 N–H and O–H groups in total. The van der Waals surface area contributed by atoms with Crippen LogP contribution in [0.15, 0.2) is 65.8 Å². The van der Waals surface area contributed by atoms with E-state index in [1.165, 1.54) is 0 Å². The number of hydrazone groups is 1. The number of hydrogen-bond donors (Lipinski definition) is 3. The molecule has 0 aromatic heterocycles. The minimum absolute atomic E-state index is 0.0469. The van der Waals surface area contributed by atoms with Crippen molar-refractivity contribution in [3.05, 3.63) is 77.4 Å². The predicted molar refractivity (Wildman–Crippen MR) is 172 cm³/mol. The third-order valence-corrected chi connectivity index (χ3v) is 8.12. The Balaban J connectivity index is 1.31. The summed E-state index contributed by atoms with van der Waals surface area (Å²) >= 11 is 0. The largest absolute Gasteiger partial charge is 0.494 e. The molecule has 0 radical (unpaired) electrons. The second-order valence-electron chi connectivity index (χ2n) is 11.6. The molecule has 2 atom stereocenters. The fourth-order valence-corrected chi connectivity index (χ4v) is 5.69. The molecule has 4 rings (SSSR count). The molecule has 11 nitrogen and oxygen atoms in total. The lowest BCUT2D eigenvalue weighted by Gasteiger charge is -2.39. The number of carbonyl (C=O) groups is 4. The van der Waals surface area contributed by atoms with Crippen molar-refractivity contribution in [1.82, 2.24) is 15.8 Å². The summed E-state index contributed by atoms with van der Waals surface area (Å²) in [5, 5.41) is 12.6. The lowest BCUT2D eigenvalue weighted by atomic mass is 9.90. The van der Waals surface area contributed by atoms with E-state index in [2.05, 4.69) is 10.5 Å². The lowest BCUT2D eigenvalue weighted by molar-refractivity contribution is -0.159. The zero-order chi connectivity index (χ0) is 32.6. The van der Waals surface area contributed by atoms with Gasteiger partial charge in [-0.1, -0.05) is 36.8 Å². The molecule has 2 aromatic rings. The Hall–Kier alpha value is -4.51. The number of rotatable bonds is 12. The van der Waals surface area contributed by atoms with Gasteiger partial charge in [-0.3, -0.25) is 24.4 Å². The van der Waals surface area contributed by atoms with Crippen LogP contribution >= 0.6 is 0 Å². The van der Waals surface area contributed by atoms with Crippen LogP contribution < -0.4 is 15.6 Å². The Labute approximate surface area is 270 Å². The first kappa shape index (κ1) is 34.4. The van der Waals surface area contributed by atoms with Gasteiger partial charge in [0.25, 0.3) is 5.91 Å². The smallest absolute Gasteiger partial charge is 0.306 e. The van der Waals surface area contributed by atoms with Gasteiger partial charge in [0.05, 0.1) is 18.9 Å². The first-order chi connectivity index (χ1) is 22.4. The zero-order valence-electron chi connectivity index (χ0n) is 26.2. The number of esters is 1. The summed E-state index contributed by atoms with van der Waals surface area (Å²) in [7, 11) is 0. The SMILES string of the molecule is O=C(CCCCCOc1ccc(C(=O)N/N=C/c2cccc(CN3C(=O)CC/C=C/CCC(=O)O[C@@H]4CCCC[C@H]43)c2)cc1)NO. The summed E-state index contributed by atoms with van der Waals surface area (Å²) < 4.78 is 11.6. The van der Waals surface area contributed by atoms with E-state index >= 15 is 0 Å². The maximum Gasteiger partial charge on any atom is 0.306 e. The highest BCUT2D eigenvalue weighted by Crippen LogP contribution is 2.29. The molecule has 0 unspecified atom stereocenters. The maximum atomic E-state index is 13.4. The molecule has 46 heavy (non-hydrogen) atoms. The molecule has 1 aliphatic heterocycles. The van der Waals surface area contributed by atoms with Gasteiger partial charge in [-0.15, -0.1) is 0 Å². The van der Waals surface area contributed by atoms with Crippen LogP contribution in [0, 0.1) is 0 Å². The Morgan fingerprint density at radius 2 is 1.78 bits per heavy atom. The summed E-state index contributed by atoms with van der Waals surface area (Å²) in [4.78, 5) is 51.4. The van der Waals surface area contributed by atoms with Crippen LogP contribution in [0.2, 0.25) is 0 Å². The second kappa shape index (κ2) is 18.5. The van der Waals surface area contributed by atoms with Crippen molar-refractivity contribution in [3.63, 3.8) is 0 Å². The minimum atomic E-state index is -0.397. The molecule has 1 saturated carbocycles. The van der Waals surface area contributed by atoms with Crippen LogP contribution in [-0.4, -0.2) is 58.8 Å². The van der Waals surface area contributed by atoms with Gasteiger partial charge in [0.15, 0.2) is 0 Å². The van der Waals surface area contributed by atoms with Gasteiger partial charge in [-0.25, -0.2) is 10.9 Å². The second-order valence-corrected chi connectivity index (χ2v) is 11.6. The maximum absolute atomic E-state index is 13.4. The lowest BCUT2D eigenvalue weighted by Crippen LogP contribution is -2.49. The molecule has 3 amide bonds. The highest BCUT2D eigenvalue weighted by atomic mass is 16.5. The number of carbonyl (C=O) groups excluding carboxylic acids is 4. The topological polar surface area (TPSA) is 147 Å². The van der Waals surface area contributed by atoms with Crippen molar-refractivity contribution < 1.29 is 33.9 Å². The van der Waals surface area contributed by atoms with Crippen LogP contribution in [0.3, 0.4) is 0 Å². The summed E-state index contributed by atoms with van der Waals surface area (Å²) in [6, 6.07) is 14.3. The minimum Gasteiger partial charge on any atom is -0.494 e. The van der Waals surface area contributed by atoms with Gasteiger partial charge in [-0.05, 0) is 92.8 Å². The third kappa shape index (κ3) is 11.1. The molecule has 1 fully saturated rings. The quantitative estimate of drug-likeness (QED) is 0.0727. The number of amides is 3. The van der Waals surface area contributed by atoms with E-state index in [1.54, 1.807) is 36.0 Å². The van der Waals surface area contributed by atoms with Crippen LogP contribution in [0.1, 0.15) is 98.5 Å². The fourth-order valence-electron chi connectivity index (χ4n) is 5.69. The molecule has 1 aliphatic carbocycles. The van der Waals surface area contributed by atoms with Crippen LogP contribution in [0.4, 0.5) is 0 Å². The summed E-state index contributed by atoms with van der Waals surface area (Å²) in [5.74, 6) is -0.292. The van der Waals surface area contributed by atoms with Crippen LogP contribution in [0.5, 0.6) is 5.75 Å². The van der Waals surface area contributed by atoms with Crippen molar-refractivity contribution in [2.24, 2.45) is 5.10 Å². The van der Waals surface area contributed by atoms with E-state index in [-0.39, 0.29) is 36.4 Å². The van der Waals surface area contributed by atoms with Crippen molar-refractivity contribution >= 4 is 29.9 Å². The highest BCUT2D eigenvalue weighted by Gasteiger charge is 2.35. The van der Waals surface area contributed by atoms with Crippen molar-refractivity contribution in [2.75, 3.05) is 6.61 Å². The van der Waals surface area contributed by atoms with E-state index in [0.29, 0.717) is 56.6 Å². The number of hydrogen-bond acceptors (Lipinski definition) is 8. The Morgan fingerprint density at radius 1 is 1.00 bits per heavy atom. The van der Waals surface area contributed by atoms with Gasteiger partial charge in [0.2, 0.25) is 11.8 Å². The molecule has 1 heterocycles. The number of nitrogens with zero attached hydrogens (tertiary/aromatic N) is 2. The van der Waals surface area contributed by atoms with Crippen molar-refractivity contribution in [2.45, 2.75) is 95.7 Å². The first-order valence-corrected chi connectivity index (χ1v) is 16.1. The predicted octanol–water partition coefficient (Wildman–Crippen LogP) is 5.21. The monoisotopic (exact) mass is 632 g/mol. The van der Waals surface area contributed by atoms with E-state index in [9.17, 15) is 19.2 Å². The number of fused-ring (bicyclic) bond motifs is 1. The molecule has 2 aromatic carbocycles. The number of allylic oxidation sites excluding steroid dienone is 2. The number of benzene rings is 2. The normalized spacial score (nSPS) is 19.7. The molecule has 2 aliphatic rings. The summed E-state index contributed by atoms with van der Waals surface area (Å²) in [6.07, 6.45) is 13.2. The molecule has 0 saturated heterocycles. The molecular formula is C35H44N4O7. The number of hydroxylamine groups is 1. The number of ether oxygens (including phenoxy) is 2. The van der Waals surface area contributed by atoms with Crippen molar-refractivity contribution in [3.8, 4) is 5.75 Å². The summed E-state index contributed by atoms with van der Waals surface area (Å²) in [5.41, 5.74) is 6.30. The Kier molecular flexibility index (Phi) is 13.8. The van der Waals surface area contributed by atoms with Crippen LogP contribution in [-0.2, 0) is 25.7 Å². The van der Waals surface area contributed by atoms with E-state index in [4.69, 9.17) is 14.7 Å². The average molecular weight is 633 g/mol. The van der Waals surface area contributed by atoms with E-state index in [1.807, 2.05) is 41.3 Å². The van der Waals surface area contributed by atoms with E-state index in [0.717, 1.165) is 49.7 Å². The average Bonchev–Trinajstić information content (AvgIpc) is 3.07. The standard InChI is InChI=1S/C35H44N4O7/c40-32(38-44)15-4-3-9-22-45-29-20-18-28(19-21-29)35(43)37-36-24-26-11-10-12-27(23-26)25-39-30-13-7-8-14-31(30)46-34(42)17-6-2-1-5-16-33(39)41/h1-2,10-12,18-21,23-24,30-31,44H,3-9,13-17,22,25H2,(H,37,43)(H,38,40)/b2-1+,36-24+/t30-,31-/m1/s1. The highest BCUT2D eigenvalue weighted by molar-refractivity contribution is 5.95. The molecule has 0 bridgehead atoms. The third-order valence-electron chi connectivity index (χ3n) is 8.12. The Morgan fingerprint density at radius 3 is 2.59 bits per heavy atom. The van der Waals surface area contributed by atoms with Gasteiger partial charge in [-0.2, -0.15) is 5.10 Å². The summed E-state index contributed by atoms with van der Waals surface area (Å²) in [6.45, 7) is 0.873. The number of nitrogens with one attached hydrogen (secondary N) is 2. The van der Waals surface area contributed by atoms with Crippen molar-refractivity contribution in [1.29, 1.82) is 0 Å². The van der Waals surface area contributed by atoms with Gasteiger partial charge >= 0.3 is 5.97 Å². The Bertz CT molecular complexity index is 1380. The van der Waals surface area contributed by atoms with Gasteiger partial charge in [0, 0.05) is 31.4 Å². The number of unbranched alkanes of at least 4 members (excludes halogenated alkanes) is 2. The fraction of sp³-hybridized carbons (Fsp3) is 0.457. The molecule has 0 spiro atoms. The van der Waals surface area contributed by atoms with Crippen LogP contribution in [0.25, 0.3) is 0 Å². The molecule has 246 valence electrons. The molecular weight excluding hydrogens is 588 g/mol.